The minimum Gasteiger partial charge on any atom is -0.353 e. The number of halogens is 3. The summed E-state index contributed by atoms with van der Waals surface area (Å²) in [5.41, 5.74) is 1.73. The molecule has 0 aliphatic carbocycles. The molecule has 1 heterocycles. The van der Waals surface area contributed by atoms with E-state index >= 15 is 0 Å². The zero-order valence-electron chi connectivity index (χ0n) is 8.05. The monoisotopic (exact) mass is 360 g/mol. The van der Waals surface area contributed by atoms with E-state index in [1.807, 2.05) is 24.3 Å². The summed E-state index contributed by atoms with van der Waals surface area (Å²) in [7, 11) is 0. The molecule has 82 valence electrons. The molecule has 16 heavy (non-hydrogen) atoms. The van der Waals surface area contributed by atoms with E-state index in [4.69, 9.17) is 11.6 Å². The first-order valence-electron chi connectivity index (χ1n) is 4.48. The molecule has 0 spiro atoms. The van der Waals surface area contributed by atoms with Crippen LogP contribution in [0.5, 0.6) is 0 Å². The van der Waals surface area contributed by atoms with E-state index in [0.717, 1.165) is 20.3 Å². The van der Waals surface area contributed by atoms with Crippen LogP contribution >= 0.6 is 43.5 Å². The molecule has 0 saturated heterocycles. The Bertz CT molecular complexity index is 517. The van der Waals surface area contributed by atoms with Crippen LogP contribution < -0.4 is 5.32 Å². The van der Waals surface area contributed by atoms with Crippen LogP contribution in [0, 0.1) is 0 Å². The Balaban J connectivity index is 2.30. The maximum absolute atomic E-state index is 6.07. The van der Waals surface area contributed by atoms with Gasteiger partial charge in [0, 0.05) is 15.1 Å². The van der Waals surface area contributed by atoms with Crippen molar-refractivity contribution >= 4 is 54.8 Å². The Morgan fingerprint density at radius 2 is 1.88 bits per heavy atom. The summed E-state index contributed by atoms with van der Waals surface area (Å²) < 4.78 is 1.89. The number of pyridine rings is 1. The Hall–Kier alpha value is -0.580. The third-order valence-corrected chi connectivity index (χ3v) is 3.17. The fraction of sp³-hybridized carbons (Fsp3) is 0. The first-order valence-corrected chi connectivity index (χ1v) is 6.44. The van der Waals surface area contributed by atoms with Crippen molar-refractivity contribution in [2.24, 2.45) is 0 Å². The second-order valence-corrected chi connectivity index (χ2v) is 5.38. The molecule has 5 heteroatoms. The molecule has 0 aliphatic rings. The number of rotatable bonds is 2. The average molecular weight is 362 g/mol. The third kappa shape index (κ3) is 2.97. The van der Waals surface area contributed by atoms with Gasteiger partial charge in [-0.3, -0.25) is 4.98 Å². The van der Waals surface area contributed by atoms with Crippen LogP contribution in [0.3, 0.4) is 0 Å². The smallest absolute Gasteiger partial charge is 0.0641 e. The summed E-state index contributed by atoms with van der Waals surface area (Å²) in [5, 5.41) is 3.87. The molecule has 0 amide bonds. The Kier molecular flexibility index (Phi) is 3.84. The largest absolute Gasteiger partial charge is 0.353 e. The summed E-state index contributed by atoms with van der Waals surface area (Å²) in [4.78, 5) is 4.07. The van der Waals surface area contributed by atoms with Crippen molar-refractivity contribution in [3.63, 3.8) is 0 Å². The molecule has 0 fully saturated rings. The summed E-state index contributed by atoms with van der Waals surface area (Å²) in [6.45, 7) is 0. The van der Waals surface area contributed by atoms with Gasteiger partial charge in [0.05, 0.1) is 22.6 Å². The lowest BCUT2D eigenvalue weighted by molar-refractivity contribution is 1.30. The molecule has 1 N–H and O–H groups in total. The molecule has 0 saturated carbocycles. The molecule has 1 aromatic heterocycles. The topological polar surface area (TPSA) is 24.9 Å². The number of anilines is 2. The maximum Gasteiger partial charge on any atom is 0.0641 e. The lowest BCUT2D eigenvalue weighted by Crippen LogP contribution is -1.92. The lowest BCUT2D eigenvalue weighted by Gasteiger charge is -2.08. The van der Waals surface area contributed by atoms with Crippen LogP contribution in [0.25, 0.3) is 0 Å². The van der Waals surface area contributed by atoms with E-state index in [0.29, 0.717) is 5.02 Å². The van der Waals surface area contributed by atoms with Gasteiger partial charge in [0.2, 0.25) is 0 Å². The van der Waals surface area contributed by atoms with Gasteiger partial charge >= 0.3 is 0 Å². The molecule has 0 atom stereocenters. The summed E-state index contributed by atoms with van der Waals surface area (Å²) >= 11 is 12.8. The van der Waals surface area contributed by atoms with Gasteiger partial charge in [0.15, 0.2) is 0 Å². The first kappa shape index (κ1) is 11.9. The molecule has 2 nitrogen and oxygen atoms in total. The molecule has 0 bridgehead atoms. The Morgan fingerprint density at radius 1 is 1.06 bits per heavy atom. The van der Waals surface area contributed by atoms with E-state index in [9.17, 15) is 0 Å². The van der Waals surface area contributed by atoms with E-state index in [-0.39, 0.29) is 0 Å². The van der Waals surface area contributed by atoms with E-state index < -0.39 is 0 Å². The number of hydrogen-bond acceptors (Lipinski definition) is 2. The van der Waals surface area contributed by atoms with Gasteiger partial charge in [-0.05, 0) is 40.2 Å². The predicted octanol–water partition coefficient (Wildman–Crippen LogP) is 5.00. The van der Waals surface area contributed by atoms with Crippen molar-refractivity contribution in [1.82, 2.24) is 4.98 Å². The van der Waals surface area contributed by atoms with E-state index in [1.165, 1.54) is 0 Å². The fourth-order valence-electron chi connectivity index (χ4n) is 1.23. The highest BCUT2D eigenvalue weighted by molar-refractivity contribution is 9.10. The average Bonchev–Trinajstić information content (AvgIpc) is 2.24. The van der Waals surface area contributed by atoms with Crippen molar-refractivity contribution in [2.45, 2.75) is 0 Å². The third-order valence-electron chi connectivity index (χ3n) is 1.91. The second kappa shape index (κ2) is 5.17. The number of nitrogens with zero attached hydrogens (tertiary/aromatic N) is 1. The molecule has 2 rings (SSSR count). The SMILES string of the molecule is Clc1ccc(Br)cc1Nc1cncc(Br)c1. The van der Waals surface area contributed by atoms with Gasteiger partial charge in [-0.2, -0.15) is 0 Å². The number of hydrogen-bond donors (Lipinski definition) is 1. The summed E-state index contributed by atoms with van der Waals surface area (Å²) in [6, 6.07) is 7.58. The van der Waals surface area contributed by atoms with Crippen molar-refractivity contribution in [1.29, 1.82) is 0 Å². The van der Waals surface area contributed by atoms with Gasteiger partial charge in [0.1, 0.15) is 0 Å². The highest BCUT2D eigenvalue weighted by atomic mass is 79.9. The fourth-order valence-corrected chi connectivity index (χ4v) is 2.12. The predicted molar refractivity (Wildman–Crippen MR) is 74.4 cm³/mol. The minimum absolute atomic E-state index is 0.670. The van der Waals surface area contributed by atoms with Gasteiger partial charge in [-0.15, -0.1) is 0 Å². The molecular formula is C11H7Br2ClN2. The van der Waals surface area contributed by atoms with Crippen molar-refractivity contribution < 1.29 is 0 Å². The number of benzene rings is 1. The van der Waals surface area contributed by atoms with Crippen LogP contribution in [0.4, 0.5) is 11.4 Å². The minimum atomic E-state index is 0.670. The first-order chi connectivity index (χ1) is 7.65. The standard InChI is InChI=1S/C11H7Br2ClN2/c12-7-1-2-10(14)11(4-7)16-9-3-8(13)5-15-6-9/h1-6,16H. The van der Waals surface area contributed by atoms with Crippen LogP contribution in [-0.2, 0) is 0 Å². The summed E-state index contributed by atoms with van der Waals surface area (Å²) in [6.07, 6.45) is 3.47. The second-order valence-electron chi connectivity index (χ2n) is 3.14. The quantitative estimate of drug-likeness (QED) is 0.813. The number of aromatic nitrogens is 1. The van der Waals surface area contributed by atoms with Crippen LogP contribution in [0.15, 0.2) is 45.6 Å². The Labute approximate surface area is 115 Å². The highest BCUT2D eigenvalue weighted by Gasteiger charge is 2.02. The molecule has 2 aromatic rings. The van der Waals surface area contributed by atoms with Crippen molar-refractivity contribution in [3.05, 3.63) is 50.6 Å². The van der Waals surface area contributed by atoms with Gasteiger partial charge in [-0.25, -0.2) is 0 Å². The lowest BCUT2D eigenvalue weighted by atomic mass is 10.3. The van der Waals surface area contributed by atoms with Crippen molar-refractivity contribution in [3.8, 4) is 0 Å². The van der Waals surface area contributed by atoms with Crippen LogP contribution in [-0.4, -0.2) is 4.98 Å². The molecule has 1 aromatic carbocycles. The molecule has 0 aliphatic heterocycles. The zero-order valence-corrected chi connectivity index (χ0v) is 12.0. The van der Waals surface area contributed by atoms with E-state index in [2.05, 4.69) is 42.2 Å². The van der Waals surface area contributed by atoms with Gasteiger partial charge in [0.25, 0.3) is 0 Å². The van der Waals surface area contributed by atoms with Crippen LogP contribution in [0.2, 0.25) is 5.02 Å². The zero-order chi connectivity index (χ0) is 11.5. The maximum atomic E-state index is 6.07. The molecular weight excluding hydrogens is 355 g/mol. The number of nitrogens with one attached hydrogen (secondary N) is 1. The van der Waals surface area contributed by atoms with Gasteiger partial charge < -0.3 is 5.32 Å². The van der Waals surface area contributed by atoms with E-state index in [1.54, 1.807) is 12.4 Å². The molecule has 0 unspecified atom stereocenters. The highest BCUT2D eigenvalue weighted by Crippen LogP contribution is 2.28. The van der Waals surface area contributed by atoms with Crippen LogP contribution in [0.1, 0.15) is 0 Å². The normalized spacial score (nSPS) is 10.2. The van der Waals surface area contributed by atoms with Crippen molar-refractivity contribution in [2.75, 3.05) is 5.32 Å². The summed E-state index contributed by atoms with van der Waals surface area (Å²) in [5.74, 6) is 0. The molecule has 0 radical (unpaired) electrons. The van der Waals surface area contributed by atoms with Gasteiger partial charge in [-0.1, -0.05) is 27.5 Å². The Morgan fingerprint density at radius 3 is 2.62 bits per heavy atom.